The molecular weight excluding hydrogens is 302 g/mol. The van der Waals surface area contributed by atoms with Gasteiger partial charge in [0.2, 0.25) is 0 Å². The van der Waals surface area contributed by atoms with Gasteiger partial charge in [-0.3, -0.25) is 0 Å². The van der Waals surface area contributed by atoms with Crippen molar-refractivity contribution in [1.82, 2.24) is 0 Å². The zero-order valence-electron chi connectivity index (χ0n) is 7.88. The van der Waals surface area contributed by atoms with Crippen molar-refractivity contribution in [2.24, 2.45) is 0 Å². The fourth-order valence-corrected chi connectivity index (χ4v) is 3.35. The van der Waals surface area contributed by atoms with E-state index in [-0.39, 0.29) is 0 Å². The number of hydrogen-bond donors (Lipinski definition) is 0. The van der Waals surface area contributed by atoms with Gasteiger partial charge in [0.25, 0.3) is 7.94 Å². The van der Waals surface area contributed by atoms with Crippen molar-refractivity contribution in [3.63, 3.8) is 0 Å². The predicted octanol–water partition coefficient (Wildman–Crippen LogP) is 2.62. The number of allylic oxidation sites excluding steroid dienone is 2. The van der Waals surface area contributed by atoms with Crippen LogP contribution in [0.15, 0.2) is 9.34 Å². The third-order valence-electron chi connectivity index (χ3n) is 2.01. The molecule has 3 nitrogen and oxygen atoms in total. The molecule has 1 rings (SSSR count). The standard InChI is InChI=1S/C8H14IO3P/c1-7-8(9)5-3-4-6-13(10,11-2)12-7/h3-6H2,1-2H3/b8-7+. The second-order valence-corrected chi connectivity index (χ2v) is 6.55. The minimum absolute atomic E-state index is 0.532. The Morgan fingerprint density at radius 2 is 2.23 bits per heavy atom. The summed E-state index contributed by atoms with van der Waals surface area (Å²) >= 11 is 2.24. The van der Waals surface area contributed by atoms with Crippen LogP contribution < -0.4 is 4.89 Å². The van der Waals surface area contributed by atoms with Gasteiger partial charge in [0.15, 0.2) is 5.76 Å². The van der Waals surface area contributed by atoms with Crippen LogP contribution >= 0.6 is 30.5 Å². The van der Waals surface area contributed by atoms with Crippen LogP contribution in [0.1, 0.15) is 26.2 Å². The van der Waals surface area contributed by atoms with Crippen molar-refractivity contribution in [3.05, 3.63) is 9.34 Å². The molecule has 0 radical (unpaired) electrons. The molecule has 0 aromatic carbocycles. The van der Waals surface area contributed by atoms with E-state index in [1.54, 1.807) is 0 Å². The summed E-state index contributed by atoms with van der Waals surface area (Å²) in [5, 5.41) is 0. The molecule has 0 N–H and O–H groups in total. The van der Waals surface area contributed by atoms with Crippen LogP contribution in [0.2, 0.25) is 0 Å². The molecule has 0 amide bonds. The molecule has 0 bridgehead atoms. The maximum Gasteiger partial charge on any atom is 0.283 e. The van der Waals surface area contributed by atoms with E-state index >= 15 is 0 Å². The average molecular weight is 316 g/mol. The zero-order valence-corrected chi connectivity index (χ0v) is 10.9. The highest BCUT2D eigenvalue weighted by Crippen LogP contribution is 2.55. The molecule has 5 heteroatoms. The van der Waals surface area contributed by atoms with E-state index in [4.69, 9.17) is 9.05 Å². The second kappa shape index (κ2) is 4.91. The monoisotopic (exact) mass is 316 g/mol. The Balaban J connectivity index is 2.76. The van der Waals surface area contributed by atoms with Crippen LogP contribution in [-0.2, 0) is 9.05 Å². The molecule has 0 saturated heterocycles. The lowest BCUT2D eigenvalue weighted by molar-refractivity contribution is -0.213. The fourth-order valence-electron chi connectivity index (χ4n) is 1.19. The van der Waals surface area contributed by atoms with Crippen LogP contribution in [0.3, 0.4) is 0 Å². The highest BCUT2D eigenvalue weighted by atomic mass is 127. The molecule has 0 spiro atoms. The lowest BCUT2D eigenvalue weighted by Gasteiger charge is -2.28. The van der Waals surface area contributed by atoms with Crippen molar-refractivity contribution in [3.8, 4) is 0 Å². The maximum absolute atomic E-state index is 11.8. The molecule has 1 aliphatic heterocycles. The minimum Gasteiger partial charge on any atom is -0.624 e. The number of halogens is 1. The summed E-state index contributed by atoms with van der Waals surface area (Å²) in [7, 11) is -1.37. The zero-order chi connectivity index (χ0) is 9.90. The van der Waals surface area contributed by atoms with Gasteiger partial charge in [-0.1, -0.05) is 0 Å². The summed E-state index contributed by atoms with van der Waals surface area (Å²) in [5.74, 6) is 0.755. The molecule has 0 fully saturated rings. The number of rotatable bonds is 1. The molecule has 13 heavy (non-hydrogen) atoms. The molecule has 76 valence electrons. The Kier molecular flexibility index (Phi) is 4.42. The van der Waals surface area contributed by atoms with Gasteiger partial charge in [-0.2, -0.15) is 0 Å². The van der Waals surface area contributed by atoms with Gasteiger partial charge in [0.05, 0.1) is 7.11 Å². The van der Waals surface area contributed by atoms with Crippen LogP contribution in [0.4, 0.5) is 0 Å². The molecule has 1 heterocycles. The lowest BCUT2D eigenvalue weighted by Crippen LogP contribution is -2.18. The first kappa shape index (κ1) is 11.7. The summed E-state index contributed by atoms with van der Waals surface area (Å²) < 4.78 is 11.4. The fraction of sp³-hybridized carbons (Fsp3) is 0.750. The van der Waals surface area contributed by atoms with Gasteiger partial charge in [-0.25, -0.2) is 4.52 Å². The third kappa shape index (κ3) is 3.35. The van der Waals surface area contributed by atoms with E-state index in [1.807, 2.05) is 6.92 Å². The van der Waals surface area contributed by atoms with E-state index in [9.17, 15) is 4.89 Å². The third-order valence-corrected chi connectivity index (χ3v) is 5.29. The van der Waals surface area contributed by atoms with E-state index in [1.165, 1.54) is 7.11 Å². The van der Waals surface area contributed by atoms with Crippen molar-refractivity contribution < 1.29 is 13.9 Å². The summed E-state index contributed by atoms with van der Waals surface area (Å²) in [6.45, 7) is 1.85. The van der Waals surface area contributed by atoms with Crippen molar-refractivity contribution in [1.29, 1.82) is 0 Å². The van der Waals surface area contributed by atoms with Crippen LogP contribution in [0.25, 0.3) is 0 Å². The SMILES string of the molecule is CO[P+]1([O-])CCCC/C(I)=C(/C)O1. The summed E-state index contributed by atoms with van der Waals surface area (Å²) in [6.07, 6.45) is 3.53. The Bertz CT molecular complexity index is 219. The normalized spacial score (nSPS) is 36.3. The number of hydrogen-bond acceptors (Lipinski definition) is 3. The maximum atomic E-state index is 11.8. The van der Waals surface area contributed by atoms with Gasteiger partial charge >= 0.3 is 0 Å². The molecular formula is C8H14IO3P. The summed E-state index contributed by atoms with van der Waals surface area (Å²) in [6, 6.07) is 0. The van der Waals surface area contributed by atoms with E-state index in [0.29, 0.717) is 6.16 Å². The predicted molar refractivity (Wildman–Crippen MR) is 60.5 cm³/mol. The molecule has 0 saturated carbocycles. The Morgan fingerprint density at radius 3 is 2.85 bits per heavy atom. The highest BCUT2D eigenvalue weighted by Gasteiger charge is 2.31. The molecule has 1 atom stereocenters. The van der Waals surface area contributed by atoms with Gasteiger partial charge in [-0.15, -0.1) is 0 Å². The lowest BCUT2D eigenvalue weighted by atomic mass is 10.2. The van der Waals surface area contributed by atoms with Crippen LogP contribution in [0.5, 0.6) is 0 Å². The van der Waals surface area contributed by atoms with Crippen molar-refractivity contribution in [2.75, 3.05) is 13.3 Å². The topological polar surface area (TPSA) is 41.5 Å². The van der Waals surface area contributed by atoms with Gasteiger partial charge in [0.1, 0.15) is 6.16 Å². The molecule has 0 aliphatic carbocycles. The van der Waals surface area contributed by atoms with E-state index < -0.39 is 7.94 Å². The first-order chi connectivity index (χ1) is 6.07. The Hall–Kier alpha value is 0.620. The van der Waals surface area contributed by atoms with Gasteiger partial charge in [0, 0.05) is 3.58 Å². The van der Waals surface area contributed by atoms with E-state index in [0.717, 1.165) is 28.6 Å². The summed E-state index contributed by atoms with van der Waals surface area (Å²) in [5.41, 5.74) is 0. The largest absolute Gasteiger partial charge is 0.624 e. The first-order valence-corrected chi connectivity index (χ1v) is 7.08. The van der Waals surface area contributed by atoms with Crippen molar-refractivity contribution >= 4 is 30.5 Å². The van der Waals surface area contributed by atoms with E-state index in [2.05, 4.69) is 22.6 Å². The average Bonchev–Trinajstić information content (AvgIpc) is 2.10. The smallest absolute Gasteiger partial charge is 0.283 e. The van der Waals surface area contributed by atoms with Crippen LogP contribution in [0, 0.1) is 0 Å². The Morgan fingerprint density at radius 1 is 1.54 bits per heavy atom. The minimum atomic E-state index is -2.82. The van der Waals surface area contributed by atoms with Gasteiger partial charge in [-0.05, 0) is 48.8 Å². The van der Waals surface area contributed by atoms with Crippen molar-refractivity contribution in [2.45, 2.75) is 26.2 Å². The highest BCUT2D eigenvalue weighted by molar-refractivity contribution is 14.1. The summed E-state index contributed by atoms with van der Waals surface area (Å²) in [4.78, 5) is 11.8. The van der Waals surface area contributed by atoms with Crippen LogP contribution in [-0.4, -0.2) is 13.3 Å². The Labute approximate surface area is 93.2 Å². The first-order valence-electron chi connectivity index (χ1n) is 4.27. The molecule has 0 aromatic heterocycles. The molecule has 0 aromatic rings. The molecule has 1 unspecified atom stereocenters. The second-order valence-electron chi connectivity index (χ2n) is 3.03. The quantitative estimate of drug-likeness (QED) is 0.552. The molecule has 1 aliphatic rings. The van der Waals surface area contributed by atoms with Gasteiger partial charge < -0.3 is 9.42 Å².